The van der Waals surface area contributed by atoms with Crippen molar-refractivity contribution in [3.63, 3.8) is 0 Å². The number of aromatic nitrogens is 1. The van der Waals surface area contributed by atoms with Crippen LogP contribution in [0.4, 0.5) is 8.78 Å². The predicted molar refractivity (Wildman–Crippen MR) is 71.4 cm³/mol. The highest BCUT2D eigenvalue weighted by atomic mass is 19.3. The summed E-state index contributed by atoms with van der Waals surface area (Å²) in [5, 5.41) is 10.7. The number of rotatable bonds is 3. The Balaban J connectivity index is 2.14. The van der Waals surface area contributed by atoms with Gasteiger partial charge in [-0.1, -0.05) is 30.3 Å². The van der Waals surface area contributed by atoms with Crippen LogP contribution in [0.3, 0.4) is 0 Å². The standard InChI is InChI=1S/C15H9F2NO3/c16-13(17)11-12(15(19)20)21-14(18-11)10-6-5-8-3-1-2-4-9(8)7-10/h1-7,13H,(H,19,20). The molecule has 0 radical (unpaired) electrons. The Morgan fingerprint density at radius 1 is 1.14 bits per heavy atom. The fourth-order valence-electron chi connectivity index (χ4n) is 2.08. The molecule has 0 saturated carbocycles. The summed E-state index contributed by atoms with van der Waals surface area (Å²) >= 11 is 0. The van der Waals surface area contributed by atoms with Crippen molar-refractivity contribution >= 4 is 16.7 Å². The zero-order valence-electron chi connectivity index (χ0n) is 10.6. The number of halogens is 2. The van der Waals surface area contributed by atoms with Crippen LogP contribution in [0.5, 0.6) is 0 Å². The number of oxazole rings is 1. The summed E-state index contributed by atoms with van der Waals surface area (Å²) < 4.78 is 30.6. The molecule has 1 N–H and O–H groups in total. The maximum Gasteiger partial charge on any atom is 0.374 e. The van der Waals surface area contributed by atoms with Crippen molar-refractivity contribution in [1.29, 1.82) is 0 Å². The molecule has 0 unspecified atom stereocenters. The third-order valence-electron chi connectivity index (χ3n) is 3.05. The molecule has 6 heteroatoms. The first kappa shape index (κ1) is 13.2. The second kappa shape index (κ2) is 4.97. The number of aromatic carboxylic acids is 1. The Morgan fingerprint density at radius 2 is 1.86 bits per heavy atom. The molecule has 1 heterocycles. The van der Waals surface area contributed by atoms with Crippen molar-refractivity contribution in [1.82, 2.24) is 4.98 Å². The van der Waals surface area contributed by atoms with Gasteiger partial charge in [-0.3, -0.25) is 0 Å². The van der Waals surface area contributed by atoms with Crippen molar-refractivity contribution in [3.05, 3.63) is 53.9 Å². The maximum absolute atomic E-state index is 12.8. The lowest BCUT2D eigenvalue weighted by atomic mass is 10.1. The zero-order valence-corrected chi connectivity index (χ0v) is 10.6. The van der Waals surface area contributed by atoms with Gasteiger partial charge in [-0.15, -0.1) is 0 Å². The number of carboxylic acids is 1. The largest absolute Gasteiger partial charge is 0.475 e. The minimum absolute atomic E-state index is 0.131. The first-order valence-electron chi connectivity index (χ1n) is 6.07. The lowest BCUT2D eigenvalue weighted by molar-refractivity contribution is 0.0647. The number of benzene rings is 2. The molecule has 21 heavy (non-hydrogen) atoms. The van der Waals surface area contributed by atoms with E-state index in [1.165, 1.54) is 0 Å². The summed E-state index contributed by atoms with van der Waals surface area (Å²) in [6.07, 6.45) is -3.01. The summed E-state index contributed by atoms with van der Waals surface area (Å²) in [5.41, 5.74) is -0.409. The number of carbonyl (C=O) groups is 1. The second-order valence-electron chi connectivity index (χ2n) is 4.40. The SMILES string of the molecule is O=C(O)c1oc(-c2ccc3ccccc3c2)nc1C(F)F. The monoisotopic (exact) mass is 289 g/mol. The highest BCUT2D eigenvalue weighted by Crippen LogP contribution is 2.30. The smallest absolute Gasteiger partial charge is 0.374 e. The van der Waals surface area contributed by atoms with Crippen LogP contribution < -0.4 is 0 Å². The van der Waals surface area contributed by atoms with Gasteiger partial charge in [0, 0.05) is 5.56 Å². The quantitative estimate of drug-likeness (QED) is 0.787. The fraction of sp³-hybridized carbons (Fsp3) is 0.0667. The number of carboxylic acid groups (broad SMARTS) is 1. The van der Waals surface area contributed by atoms with E-state index in [0.29, 0.717) is 5.56 Å². The van der Waals surface area contributed by atoms with Crippen LogP contribution in [0.1, 0.15) is 22.7 Å². The Morgan fingerprint density at radius 3 is 2.48 bits per heavy atom. The molecule has 0 spiro atoms. The summed E-state index contributed by atoms with van der Waals surface area (Å²) in [6.45, 7) is 0. The average Bonchev–Trinajstić information content (AvgIpc) is 2.92. The number of fused-ring (bicyclic) bond motifs is 1. The summed E-state index contributed by atoms with van der Waals surface area (Å²) in [5.74, 6) is -2.52. The van der Waals surface area contributed by atoms with Crippen LogP contribution in [-0.2, 0) is 0 Å². The molecule has 0 saturated heterocycles. The number of hydrogen-bond donors (Lipinski definition) is 1. The molecule has 4 nitrogen and oxygen atoms in total. The van der Waals surface area contributed by atoms with E-state index in [4.69, 9.17) is 9.52 Å². The number of alkyl halides is 2. The maximum atomic E-state index is 12.8. The first-order valence-corrected chi connectivity index (χ1v) is 6.07. The Hall–Kier alpha value is -2.76. The minimum atomic E-state index is -3.01. The van der Waals surface area contributed by atoms with Gasteiger partial charge in [-0.25, -0.2) is 18.6 Å². The molecule has 0 atom stereocenters. The highest BCUT2D eigenvalue weighted by Gasteiger charge is 2.26. The topological polar surface area (TPSA) is 63.3 Å². The molecule has 3 rings (SSSR count). The third kappa shape index (κ3) is 2.35. The number of nitrogens with zero attached hydrogens (tertiary/aromatic N) is 1. The predicted octanol–water partition coefficient (Wildman–Crippen LogP) is 4.13. The van der Waals surface area contributed by atoms with Gasteiger partial charge in [0.1, 0.15) is 0 Å². The van der Waals surface area contributed by atoms with Crippen molar-refractivity contribution in [2.45, 2.75) is 6.43 Å². The first-order chi connectivity index (χ1) is 10.1. The minimum Gasteiger partial charge on any atom is -0.475 e. The molecule has 0 fully saturated rings. The van der Waals surface area contributed by atoms with Crippen molar-refractivity contribution < 1.29 is 23.1 Å². The Labute approximate surface area is 117 Å². The molecule has 0 amide bonds. The molecule has 3 aromatic rings. The fourth-order valence-corrected chi connectivity index (χ4v) is 2.08. The van der Waals surface area contributed by atoms with E-state index in [-0.39, 0.29) is 5.89 Å². The van der Waals surface area contributed by atoms with E-state index >= 15 is 0 Å². The van der Waals surface area contributed by atoms with E-state index < -0.39 is 23.8 Å². The Bertz CT molecular complexity index is 827. The lowest BCUT2D eigenvalue weighted by Gasteiger charge is -1.99. The van der Waals surface area contributed by atoms with Crippen LogP contribution in [0.15, 0.2) is 46.9 Å². The second-order valence-corrected chi connectivity index (χ2v) is 4.40. The van der Waals surface area contributed by atoms with Gasteiger partial charge in [-0.05, 0) is 22.9 Å². The van der Waals surface area contributed by atoms with E-state index in [9.17, 15) is 13.6 Å². The van der Waals surface area contributed by atoms with Crippen LogP contribution in [0.2, 0.25) is 0 Å². The van der Waals surface area contributed by atoms with Crippen LogP contribution >= 0.6 is 0 Å². The summed E-state index contributed by atoms with van der Waals surface area (Å²) in [4.78, 5) is 14.5. The van der Waals surface area contributed by atoms with Gasteiger partial charge < -0.3 is 9.52 Å². The van der Waals surface area contributed by atoms with E-state index in [2.05, 4.69) is 4.98 Å². The van der Waals surface area contributed by atoms with E-state index in [0.717, 1.165) is 10.8 Å². The molecular formula is C15H9F2NO3. The summed E-state index contributed by atoms with van der Waals surface area (Å²) in [7, 11) is 0. The summed E-state index contributed by atoms with van der Waals surface area (Å²) in [6, 6.07) is 12.6. The lowest BCUT2D eigenvalue weighted by Crippen LogP contribution is -1.99. The van der Waals surface area contributed by atoms with Crippen molar-refractivity contribution in [2.24, 2.45) is 0 Å². The zero-order chi connectivity index (χ0) is 15.0. The normalized spacial score (nSPS) is 11.2. The van der Waals surface area contributed by atoms with Gasteiger partial charge in [0.05, 0.1) is 0 Å². The average molecular weight is 289 g/mol. The molecule has 2 aromatic carbocycles. The molecule has 106 valence electrons. The molecule has 0 aliphatic rings. The van der Waals surface area contributed by atoms with Gasteiger partial charge >= 0.3 is 5.97 Å². The number of hydrogen-bond acceptors (Lipinski definition) is 3. The van der Waals surface area contributed by atoms with Gasteiger partial charge in [-0.2, -0.15) is 0 Å². The molecule has 1 aromatic heterocycles. The van der Waals surface area contributed by atoms with E-state index in [1.807, 2.05) is 24.3 Å². The van der Waals surface area contributed by atoms with Gasteiger partial charge in [0.2, 0.25) is 11.7 Å². The van der Waals surface area contributed by atoms with Crippen molar-refractivity contribution in [2.75, 3.05) is 0 Å². The third-order valence-corrected chi connectivity index (χ3v) is 3.05. The van der Waals surface area contributed by atoms with Crippen LogP contribution in [0.25, 0.3) is 22.2 Å². The Kier molecular flexibility index (Phi) is 3.13. The van der Waals surface area contributed by atoms with Crippen molar-refractivity contribution in [3.8, 4) is 11.5 Å². The van der Waals surface area contributed by atoms with Gasteiger partial charge in [0.15, 0.2) is 5.69 Å². The molecular weight excluding hydrogens is 280 g/mol. The highest BCUT2D eigenvalue weighted by molar-refractivity contribution is 5.88. The molecule has 0 aliphatic heterocycles. The van der Waals surface area contributed by atoms with Crippen LogP contribution in [-0.4, -0.2) is 16.1 Å². The van der Waals surface area contributed by atoms with Crippen LogP contribution in [0, 0.1) is 0 Å². The van der Waals surface area contributed by atoms with Gasteiger partial charge in [0.25, 0.3) is 6.43 Å². The molecule has 0 aliphatic carbocycles. The van der Waals surface area contributed by atoms with E-state index in [1.54, 1.807) is 18.2 Å². The molecule has 0 bridgehead atoms.